The first-order valence-corrected chi connectivity index (χ1v) is 26.6. The number of fused-ring (bicyclic) bond motifs is 6. The molecule has 0 saturated heterocycles. The molecule has 2 heterocycles. The van der Waals surface area contributed by atoms with Crippen LogP contribution in [-0.4, -0.2) is 14.7 Å². The Morgan fingerprint density at radius 2 is 0.701 bits per heavy atom. The molecule has 0 spiro atoms. The SMILES string of the molecule is CC1(N(c2ccc(-c3ccccc3)cc2)c2ccc3c(c2)c2ccccc2n3-c2ccccc2)C=CC(c2ccc(N(c3ccc(-c4ccccc4)cc3)c3ccc4c(c3)c3ccccc3n4-c3ccccc3)cc2)=CC1. The molecule has 11 aromatic carbocycles. The summed E-state index contributed by atoms with van der Waals surface area (Å²) in [6.07, 6.45) is 7.98. The van der Waals surface area contributed by atoms with E-state index in [1.54, 1.807) is 0 Å². The number of benzene rings is 11. The van der Waals surface area contributed by atoms with Crippen LogP contribution < -0.4 is 9.80 Å². The van der Waals surface area contributed by atoms with Crippen LogP contribution in [0.15, 0.2) is 297 Å². The highest BCUT2D eigenvalue weighted by Crippen LogP contribution is 2.45. The normalized spacial score (nSPS) is 14.3. The second-order valence-electron chi connectivity index (χ2n) is 20.4. The minimum absolute atomic E-state index is 0.381. The first-order valence-electron chi connectivity index (χ1n) is 26.6. The molecule has 0 aliphatic heterocycles. The van der Waals surface area contributed by atoms with E-state index in [2.05, 4.69) is 323 Å². The average molecular weight is 987 g/mol. The fourth-order valence-corrected chi connectivity index (χ4v) is 11.9. The van der Waals surface area contributed by atoms with Crippen LogP contribution in [0.4, 0.5) is 28.4 Å². The van der Waals surface area contributed by atoms with Crippen molar-refractivity contribution >= 4 is 77.6 Å². The Morgan fingerprint density at radius 1 is 0.325 bits per heavy atom. The fourth-order valence-electron chi connectivity index (χ4n) is 11.9. The average Bonchev–Trinajstić information content (AvgIpc) is 4.13. The van der Waals surface area contributed by atoms with Gasteiger partial charge in [0.05, 0.1) is 27.6 Å². The van der Waals surface area contributed by atoms with Crippen LogP contribution in [0.2, 0.25) is 0 Å². The van der Waals surface area contributed by atoms with Crippen LogP contribution in [0.25, 0.3) is 82.8 Å². The van der Waals surface area contributed by atoms with Gasteiger partial charge >= 0.3 is 0 Å². The minimum atomic E-state index is -0.381. The molecule has 1 atom stereocenters. The maximum absolute atomic E-state index is 2.54. The number of rotatable bonds is 11. The van der Waals surface area contributed by atoms with Crippen LogP contribution in [0, 0.1) is 0 Å². The van der Waals surface area contributed by atoms with Gasteiger partial charge in [0, 0.05) is 61.4 Å². The standard InChI is InChI=1S/C73H54N4/c1-73(77(62-40-34-55(35-41-62)53-20-8-3-9-21-53)64-43-45-72-68(51-64)66-27-15-17-29-70(66)76(72)59-24-12-5-13-25-59)48-46-57(47-49-73)56-32-38-61(39-33-56)74(60-36-30-54(31-37-60)52-18-6-2-7-19-52)63-42-44-71-67(50-63)65-26-14-16-28-69(65)75(71)58-22-10-4-11-23-58/h2-48,50-51H,49H2,1H3. The van der Waals surface area contributed by atoms with E-state index in [4.69, 9.17) is 0 Å². The monoisotopic (exact) mass is 986 g/mol. The molecule has 366 valence electrons. The molecule has 4 nitrogen and oxygen atoms in total. The highest BCUT2D eigenvalue weighted by molar-refractivity contribution is 6.12. The van der Waals surface area contributed by atoms with Gasteiger partial charge in [-0.2, -0.15) is 0 Å². The molecule has 1 aliphatic rings. The molecule has 13 aromatic rings. The quantitative estimate of drug-likeness (QED) is 0.128. The largest absolute Gasteiger partial charge is 0.332 e. The lowest BCUT2D eigenvalue weighted by Gasteiger charge is -2.42. The number of anilines is 5. The number of para-hydroxylation sites is 4. The van der Waals surface area contributed by atoms with Gasteiger partial charge in [-0.05, 0) is 156 Å². The topological polar surface area (TPSA) is 16.3 Å². The second-order valence-corrected chi connectivity index (χ2v) is 20.4. The lowest BCUT2D eigenvalue weighted by molar-refractivity contribution is 0.571. The van der Waals surface area contributed by atoms with Gasteiger partial charge in [0.2, 0.25) is 0 Å². The molecule has 14 rings (SSSR count). The molecule has 0 amide bonds. The summed E-state index contributed by atoms with van der Waals surface area (Å²) in [5.41, 5.74) is 19.4. The Hall–Kier alpha value is -9.90. The van der Waals surface area contributed by atoms with Crippen LogP contribution in [-0.2, 0) is 0 Å². The fraction of sp³-hybridized carbons (Fsp3) is 0.0411. The molecule has 0 fully saturated rings. The molecule has 0 N–H and O–H groups in total. The summed E-state index contributed by atoms with van der Waals surface area (Å²) in [5, 5.41) is 4.91. The summed E-state index contributed by atoms with van der Waals surface area (Å²) in [6.45, 7) is 2.37. The predicted octanol–water partition coefficient (Wildman–Crippen LogP) is 19.6. The van der Waals surface area contributed by atoms with Gasteiger partial charge in [-0.1, -0.05) is 188 Å². The zero-order valence-corrected chi connectivity index (χ0v) is 42.8. The van der Waals surface area contributed by atoms with E-state index in [9.17, 15) is 0 Å². The first kappa shape index (κ1) is 45.7. The van der Waals surface area contributed by atoms with Crippen LogP contribution in [0.3, 0.4) is 0 Å². The zero-order chi connectivity index (χ0) is 51.3. The summed E-state index contributed by atoms with van der Waals surface area (Å²) in [7, 11) is 0. The third kappa shape index (κ3) is 8.19. The summed E-state index contributed by atoms with van der Waals surface area (Å²) in [5.74, 6) is 0. The number of hydrogen-bond acceptors (Lipinski definition) is 2. The molecule has 2 aromatic heterocycles. The Kier molecular flexibility index (Phi) is 11.3. The summed E-state index contributed by atoms with van der Waals surface area (Å²) < 4.78 is 4.77. The Morgan fingerprint density at radius 3 is 1.18 bits per heavy atom. The van der Waals surface area contributed by atoms with Gasteiger partial charge in [0.15, 0.2) is 0 Å². The minimum Gasteiger partial charge on any atom is -0.332 e. The van der Waals surface area contributed by atoms with Gasteiger partial charge in [-0.3, -0.25) is 0 Å². The Bertz CT molecular complexity index is 4330. The smallest absolute Gasteiger partial charge is 0.0643 e. The molecule has 0 radical (unpaired) electrons. The van der Waals surface area contributed by atoms with E-state index < -0.39 is 0 Å². The van der Waals surface area contributed by atoms with E-state index in [1.165, 1.54) is 77.0 Å². The van der Waals surface area contributed by atoms with Crippen molar-refractivity contribution in [3.8, 4) is 33.6 Å². The van der Waals surface area contributed by atoms with Crippen molar-refractivity contribution in [2.75, 3.05) is 9.80 Å². The van der Waals surface area contributed by atoms with Crippen LogP contribution >= 0.6 is 0 Å². The van der Waals surface area contributed by atoms with Crippen molar-refractivity contribution in [3.05, 3.63) is 303 Å². The lowest BCUT2D eigenvalue weighted by atomic mass is 9.85. The van der Waals surface area contributed by atoms with Gasteiger partial charge in [-0.25, -0.2) is 0 Å². The number of nitrogens with zero attached hydrogens (tertiary/aromatic N) is 4. The number of allylic oxidation sites excluding steroid dienone is 2. The highest BCUT2D eigenvalue weighted by atomic mass is 15.2. The van der Waals surface area contributed by atoms with Crippen molar-refractivity contribution in [2.45, 2.75) is 18.9 Å². The predicted molar refractivity (Wildman–Crippen MR) is 326 cm³/mol. The molecule has 1 unspecified atom stereocenters. The van der Waals surface area contributed by atoms with Crippen molar-refractivity contribution in [1.29, 1.82) is 0 Å². The Labute approximate surface area is 449 Å². The maximum atomic E-state index is 2.54. The van der Waals surface area contributed by atoms with E-state index in [0.717, 1.165) is 46.2 Å². The van der Waals surface area contributed by atoms with E-state index in [0.29, 0.717) is 0 Å². The van der Waals surface area contributed by atoms with Gasteiger partial charge in [-0.15, -0.1) is 0 Å². The summed E-state index contributed by atoms with van der Waals surface area (Å²) in [6, 6.07) is 101. The second kappa shape index (κ2) is 19.1. The highest BCUT2D eigenvalue weighted by Gasteiger charge is 2.33. The van der Waals surface area contributed by atoms with Crippen molar-refractivity contribution in [1.82, 2.24) is 9.13 Å². The van der Waals surface area contributed by atoms with E-state index in [1.807, 2.05) is 0 Å². The molecular weight excluding hydrogens is 933 g/mol. The van der Waals surface area contributed by atoms with Gasteiger partial charge in [0.1, 0.15) is 0 Å². The molecule has 1 aliphatic carbocycles. The zero-order valence-electron chi connectivity index (χ0n) is 42.8. The molecule has 77 heavy (non-hydrogen) atoms. The molecular formula is C73H54N4. The maximum Gasteiger partial charge on any atom is 0.0643 e. The number of hydrogen-bond donors (Lipinski definition) is 0. The summed E-state index contributed by atoms with van der Waals surface area (Å²) >= 11 is 0. The van der Waals surface area contributed by atoms with Crippen LogP contribution in [0.1, 0.15) is 18.9 Å². The first-order chi connectivity index (χ1) is 38.0. The van der Waals surface area contributed by atoms with Crippen molar-refractivity contribution in [3.63, 3.8) is 0 Å². The van der Waals surface area contributed by atoms with E-state index >= 15 is 0 Å². The Balaban J connectivity index is 0.828. The molecule has 0 saturated carbocycles. The van der Waals surface area contributed by atoms with Gasteiger partial charge in [0.25, 0.3) is 0 Å². The van der Waals surface area contributed by atoms with Crippen molar-refractivity contribution < 1.29 is 0 Å². The lowest BCUT2D eigenvalue weighted by Crippen LogP contribution is -2.42. The van der Waals surface area contributed by atoms with E-state index in [-0.39, 0.29) is 5.54 Å². The van der Waals surface area contributed by atoms with Crippen LogP contribution in [0.5, 0.6) is 0 Å². The third-order valence-corrected chi connectivity index (χ3v) is 15.6. The number of aromatic nitrogens is 2. The summed E-state index contributed by atoms with van der Waals surface area (Å²) in [4.78, 5) is 4.93. The molecule has 0 bridgehead atoms. The van der Waals surface area contributed by atoms with Gasteiger partial charge < -0.3 is 18.9 Å². The molecule has 4 heteroatoms. The van der Waals surface area contributed by atoms with Crippen molar-refractivity contribution in [2.24, 2.45) is 0 Å². The third-order valence-electron chi connectivity index (χ3n) is 15.6.